The van der Waals surface area contributed by atoms with Crippen molar-refractivity contribution in [2.24, 2.45) is 10.7 Å². The molecule has 6 nitrogen and oxygen atoms in total. The number of carbonyl (C=O) groups is 1. The molecule has 3 rings (SSSR count). The molecule has 0 saturated carbocycles. The van der Waals surface area contributed by atoms with E-state index in [0.29, 0.717) is 18.7 Å². The Hall–Kier alpha value is -3.24. The Kier molecular flexibility index (Phi) is 7.46. The van der Waals surface area contributed by atoms with Crippen molar-refractivity contribution in [1.82, 2.24) is 4.90 Å². The third-order valence-corrected chi connectivity index (χ3v) is 4.76. The smallest absolute Gasteiger partial charge is 0.227 e. The minimum absolute atomic E-state index is 0.258. The van der Waals surface area contributed by atoms with E-state index in [1.165, 1.54) is 19.1 Å². The van der Waals surface area contributed by atoms with Crippen molar-refractivity contribution in [3.63, 3.8) is 0 Å². The number of fused-ring (bicyclic) bond motifs is 1. The summed E-state index contributed by atoms with van der Waals surface area (Å²) < 4.78 is 13.0. The lowest BCUT2D eigenvalue weighted by atomic mass is 9.99. The van der Waals surface area contributed by atoms with Crippen molar-refractivity contribution in [1.29, 1.82) is 5.26 Å². The van der Waals surface area contributed by atoms with Gasteiger partial charge in [0.05, 0.1) is 23.8 Å². The number of nitrogens with two attached hydrogens (primary N) is 1. The average molecular weight is 396 g/mol. The Morgan fingerprint density at radius 1 is 1.34 bits per heavy atom. The zero-order valence-corrected chi connectivity index (χ0v) is 16.8. The fraction of sp³-hybridized carbons (Fsp3) is 0.318. The third-order valence-electron chi connectivity index (χ3n) is 4.76. The van der Waals surface area contributed by atoms with Gasteiger partial charge in [0.1, 0.15) is 11.7 Å². The van der Waals surface area contributed by atoms with Crippen molar-refractivity contribution in [2.45, 2.75) is 38.8 Å². The van der Waals surface area contributed by atoms with E-state index in [9.17, 15) is 14.3 Å². The van der Waals surface area contributed by atoms with Crippen LogP contribution in [0.2, 0.25) is 0 Å². The molecule has 2 aromatic rings. The second-order valence-electron chi connectivity index (χ2n) is 6.90. The van der Waals surface area contributed by atoms with Crippen molar-refractivity contribution in [3.05, 3.63) is 65.0 Å². The standard InChI is InChI=1S/C20H22FN3O2.C2H3N/c1-12(24(2)11-13-3-6-15(21)7-4-13)23-16-8-5-14-9-18(25)19(20(22)26)17(14)10-16;1-2-3/h3-8,10,18-19,25H,9,11H2,1-2H3,(H2,22,26);1H3/t18-,19-;/m1./s1. The largest absolute Gasteiger partial charge is 0.392 e. The molecule has 2 atom stereocenters. The van der Waals surface area contributed by atoms with Crippen LogP contribution in [-0.4, -0.2) is 34.9 Å². The number of nitriles is 1. The fourth-order valence-electron chi connectivity index (χ4n) is 3.27. The summed E-state index contributed by atoms with van der Waals surface area (Å²) in [5.41, 5.74) is 8.79. The molecule has 0 fully saturated rings. The van der Waals surface area contributed by atoms with Gasteiger partial charge in [-0.15, -0.1) is 0 Å². The lowest BCUT2D eigenvalue weighted by molar-refractivity contribution is -0.121. The van der Waals surface area contributed by atoms with Crippen LogP contribution in [0, 0.1) is 17.1 Å². The van der Waals surface area contributed by atoms with Crippen molar-refractivity contribution >= 4 is 17.4 Å². The van der Waals surface area contributed by atoms with Gasteiger partial charge < -0.3 is 15.7 Å². The summed E-state index contributed by atoms with van der Waals surface area (Å²) in [5, 5.41) is 17.4. The molecule has 0 spiro atoms. The molecule has 3 N–H and O–H groups in total. The van der Waals surface area contributed by atoms with E-state index in [4.69, 9.17) is 11.0 Å². The summed E-state index contributed by atoms with van der Waals surface area (Å²) in [6.45, 7) is 3.92. The zero-order chi connectivity index (χ0) is 21.6. The Morgan fingerprint density at radius 2 is 1.97 bits per heavy atom. The molecular weight excluding hydrogens is 371 g/mol. The summed E-state index contributed by atoms with van der Waals surface area (Å²) in [5.74, 6) is -0.686. The number of rotatable bonds is 4. The van der Waals surface area contributed by atoms with Crippen molar-refractivity contribution in [2.75, 3.05) is 7.05 Å². The van der Waals surface area contributed by atoms with Crippen molar-refractivity contribution < 1.29 is 14.3 Å². The molecule has 0 radical (unpaired) electrons. The second kappa shape index (κ2) is 9.80. The Bertz CT molecular complexity index is 935. The number of hydrogen-bond acceptors (Lipinski definition) is 4. The van der Waals surface area contributed by atoms with Crippen LogP contribution >= 0.6 is 0 Å². The maximum absolute atomic E-state index is 13.0. The lowest BCUT2D eigenvalue weighted by Gasteiger charge is -2.19. The number of carbonyl (C=O) groups excluding carboxylic acids is 1. The highest BCUT2D eigenvalue weighted by Gasteiger charge is 2.35. The van der Waals surface area contributed by atoms with Crippen molar-refractivity contribution in [3.8, 4) is 6.07 Å². The van der Waals surface area contributed by atoms with E-state index >= 15 is 0 Å². The van der Waals surface area contributed by atoms with E-state index in [1.807, 2.05) is 37.1 Å². The molecule has 0 aliphatic heterocycles. The molecule has 0 aromatic heterocycles. The van der Waals surface area contributed by atoms with Gasteiger partial charge in [-0.3, -0.25) is 4.79 Å². The molecule has 0 bridgehead atoms. The van der Waals surface area contributed by atoms with Gasteiger partial charge in [-0.05, 0) is 54.3 Å². The minimum Gasteiger partial charge on any atom is -0.392 e. The maximum Gasteiger partial charge on any atom is 0.227 e. The van der Waals surface area contributed by atoms with Crippen LogP contribution < -0.4 is 5.73 Å². The minimum atomic E-state index is -0.774. The molecule has 29 heavy (non-hydrogen) atoms. The van der Waals surface area contributed by atoms with E-state index in [1.54, 1.807) is 18.2 Å². The summed E-state index contributed by atoms with van der Waals surface area (Å²) in [6, 6.07) is 13.7. The SMILES string of the molecule is CC#N.CC(=Nc1ccc2c(c1)[C@@H](C(N)=O)[C@H](O)C2)N(C)Cc1ccc(F)cc1. The first-order valence-corrected chi connectivity index (χ1v) is 9.18. The molecule has 152 valence electrons. The fourth-order valence-corrected chi connectivity index (χ4v) is 3.27. The topological polar surface area (TPSA) is 103 Å². The number of hydrogen-bond donors (Lipinski definition) is 2. The number of primary amides is 1. The monoisotopic (exact) mass is 396 g/mol. The number of halogens is 1. The second-order valence-corrected chi connectivity index (χ2v) is 6.90. The molecule has 7 heteroatoms. The number of aliphatic imine (C=N–C) groups is 1. The predicted molar refractivity (Wildman–Crippen MR) is 110 cm³/mol. The van der Waals surface area contributed by atoms with Gasteiger partial charge in [0.15, 0.2) is 0 Å². The number of amidine groups is 1. The van der Waals surface area contributed by atoms with E-state index in [0.717, 1.165) is 22.5 Å². The van der Waals surface area contributed by atoms with Crippen LogP contribution in [0.5, 0.6) is 0 Å². The number of aliphatic hydroxyl groups is 1. The Labute approximate surface area is 170 Å². The van der Waals surface area contributed by atoms with E-state index in [2.05, 4.69) is 4.99 Å². The summed E-state index contributed by atoms with van der Waals surface area (Å²) in [4.78, 5) is 18.2. The Balaban J connectivity index is 0.000000941. The molecule has 0 unspecified atom stereocenters. The van der Waals surface area contributed by atoms with Crippen LogP contribution in [0.4, 0.5) is 10.1 Å². The quantitative estimate of drug-likeness (QED) is 0.612. The van der Waals surface area contributed by atoms with E-state index in [-0.39, 0.29) is 5.82 Å². The van der Waals surface area contributed by atoms with E-state index < -0.39 is 17.9 Å². The maximum atomic E-state index is 13.0. The number of benzene rings is 2. The first-order chi connectivity index (χ1) is 13.8. The van der Waals surface area contributed by atoms with Gasteiger partial charge in [0.2, 0.25) is 5.91 Å². The van der Waals surface area contributed by atoms with Gasteiger partial charge in [0.25, 0.3) is 0 Å². The number of amides is 1. The highest BCUT2D eigenvalue weighted by molar-refractivity contribution is 5.85. The molecular formula is C22H25FN4O2. The van der Waals surface area contributed by atoms with Gasteiger partial charge in [0, 0.05) is 20.5 Å². The summed E-state index contributed by atoms with van der Waals surface area (Å²) in [7, 11) is 1.91. The van der Waals surface area contributed by atoms with Gasteiger partial charge in [-0.1, -0.05) is 18.2 Å². The average Bonchev–Trinajstić information content (AvgIpc) is 2.99. The normalized spacial score (nSPS) is 17.6. The van der Waals surface area contributed by atoms with Gasteiger partial charge in [-0.25, -0.2) is 9.38 Å². The number of aliphatic hydroxyl groups excluding tert-OH is 1. The first-order valence-electron chi connectivity index (χ1n) is 9.18. The summed E-state index contributed by atoms with van der Waals surface area (Å²) in [6.07, 6.45) is -0.347. The number of nitrogens with zero attached hydrogens (tertiary/aromatic N) is 3. The lowest BCUT2D eigenvalue weighted by Crippen LogP contribution is -2.28. The van der Waals surface area contributed by atoms with Gasteiger partial charge >= 0.3 is 0 Å². The third kappa shape index (κ3) is 5.62. The molecule has 1 amide bonds. The van der Waals surface area contributed by atoms with Crippen LogP contribution in [0.25, 0.3) is 0 Å². The van der Waals surface area contributed by atoms with Gasteiger partial charge in [-0.2, -0.15) is 5.26 Å². The first kappa shape index (κ1) is 22.1. The van der Waals surface area contributed by atoms with Crippen LogP contribution in [-0.2, 0) is 17.8 Å². The highest BCUT2D eigenvalue weighted by Crippen LogP contribution is 2.35. The van der Waals surface area contributed by atoms with Crippen LogP contribution in [0.15, 0.2) is 47.5 Å². The predicted octanol–water partition coefficient (Wildman–Crippen LogP) is 3.02. The molecule has 2 aromatic carbocycles. The molecule has 1 aliphatic rings. The molecule has 1 aliphatic carbocycles. The zero-order valence-electron chi connectivity index (χ0n) is 16.8. The van der Waals surface area contributed by atoms with Crippen LogP contribution in [0.1, 0.15) is 36.5 Å². The van der Waals surface area contributed by atoms with Crippen LogP contribution in [0.3, 0.4) is 0 Å². The Morgan fingerprint density at radius 3 is 2.55 bits per heavy atom. The molecule has 0 heterocycles. The highest BCUT2D eigenvalue weighted by atomic mass is 19.1. The molecule has 0 saturated heterocycles. The summed E-state index contributed by atoms with van der Waals surface area (Å²) >= 11 is 0.